The van der Waals surface area contributed by atoms with Crippen LogP contribution in [0.25, 0.3) is 23.3 Å². The second-order valence-electron chi connectivity index (χ2n) is 14.0. The van der Waals surface area contributed by atoms with E-state index in [1.54, 1.807) is 0 Å². The summed E-state index contributed by atoms with van der Waals surface area (Å²) in [4.78, 5) is 0. The van der Waals surface area contributed by atoms with Crippen molar-refractivity contribution in [2.24, 2.45) is 5.92 Å². The van der Waals surface area contributed by atoms with Crippen LogP contribution in [0, 0.1) is 5.92 Å². The Hall–Kier alpha value is -1.18. The molecule has 0 nitrogen and oxygen atoms in total. The van der Waals surface area contributed by atoms with Crippen molar-refractivity contribution in [3.63, 3.8) is 0 Å². The number of benzene rings is 3. The molecule has 0 N–H and O–H groups in total. The Bertz CT molecular complexity index is 1560. The molecule has 5 rings (SSSR count). The zero-order valence-electron chi connectivity index (χ0n) is 27.8. The first kappa shape index (κ1) is 33.2. The molecule has 0 radical (unpaired) electrons. The second-order valence-corrected chi connectivity index (χ2v) is 56.5. The molecule has 0 fully saturated rings. The summed E-state index contributed by atoms with van der Waals surface area (Å²) < 4.78 is 0.298. The molecule has 3 aromatic rings. The van der Waals surface area contributed by atoms with E-state index in [4.69, 9.17) is 17.0 Å². The van der Waals surface area contributed by atoms with E-state index >= 15 is 0 Å². The summed E-state index contributed by atoms with van der Waals surface area (Å²) in [6, 6.07) is 23.1. The molecule has 0 saturated heterocycles. The number of allylic oxidation sites excluding steroid dienone is 2. The van der Waals surface area contributed by atoms with E-state index in [0.717, 1.165) is 19.3 Å². The maximum absolute atomic E-state index is 8.64. The Morgan fingerprint density at radius 2 is 1.33 bits per heavy atom. The normalized spacial score (nSPS) is 20.3. The van der Waals surface area contributed by atoms with Crippen LogP contribution >= 0.6 is 17.0 Å². The maximum atomic E-state index is 8.64. The first-order chi connectivity index (χ1) is 20.4. The fourth-order valence-electron chi connectivity index (χ4n) is 7.93. The molecule has 0 spiro atoms. The topological polar surface area (TPSA) is 0 Å². The SMILES string of the molecule is CCC1=Cc2c(-c3ccc(C(C)C)cc3)cccc2[CH]1[Zr]([Cl])([Cl])([CH]1C(C(C)CC)=Cc2c(C(C)CC)cccc21)[SiH](C)C. The van der Waals surface area contributed by atoms with Gasteiger partial charge >= 0.3 is 273 Å². The molecule has 0 amide bonds. The van der Waals surface area contributed by atoms with Crippen molar-refractivity contribution in [1.82, 2.24) is 0 Å². The third-order valence-corrected chi connectivity index (χ3v) is 62.9. The minimum atomic E-state index is -4.75. The van der Waals surface area contributed by atoms with Crippen LogP contribution in [0.1, 0.15) is 120 Å². The van der Waals surface area contributed by atoms with Crippen LogP contribution in [0.4, 0.5) is 0 Å². The molecule has 2 aliphatic carbocycles. The van der Waals surface area contributed by atoms with E-state index in [0.29, 0.717) is 17.8 Å². The van der Waals surface area contributed by atoms with E-state index in [2.05, 4.69) is 134 Å². The molecule has 4 atom stereocenters. The van der Waals surface area contributed by atoms with E-state index < -0.39 is 21.5 Å². The van der Waals surface area contributed by atoms with Crippen molar-refractivity contribution < 1.29 is 15.6 Å². The van der Waals surface area contributed by atoms with Gasteiger partial charge in [-0.05, 0) is 0 Å². The monoisotopic (exact) mass is 707 g/mol. The van der Waals surface area contributed by atoms with Crippen LogP contribution in [0.3, 0.4) is 0 Å². The van der Waals surface area contributed by atoms with Gasteiger partial charge in [0.05, 0.1) is 0 Å². The van der Waals surface area contributed by atoms with Crippen LogP contribution in [0.2, 0.25) is 13.1 Å². The van der Waals surface area contributed by atoms with Crippen molar-refractivity contribution in [2.75, 3.05) is 0 Å². The number of halogens is 2. The quantitative estimate of drug-likeness (QED) is 0.184. The van der Waals surface area contributed by atoms with Gasteiger partial charge in [0.1, 0.15) is 0 Å². The molecule has 2 aliphatic rings. The van der Waals surface area contributed by atoms with Crippen LogP contribution in [0.15, 0.2) is 71.8 Å². The summed E-state index contributed by atoms with van der Waals surface area (Å²) in [5, 5.41) is 0. The molecule has 3 aromatic carbocycles. The van der Waals surface area contributed by atoms with Gasteiger partial charge < -0.3 is 0 Å². The molecule has 0 bridgehead atoms. The molecule has 0 heterocycles. The van der Waals surface area contributed by atoms with Crippen LogP contribution in [-0.4, -0.2) is 5.92 Å². The third-order valence-electron chi connectivity index (χ3n) is 11.1. The van der Waals surface area contributed by atoms with Gasteiger partial charge in [0.15, 0.2) is 0 Å². The predicted molar refractivity (Wildman–Crippen MR) is 193 cm³/mol. The zero-order chi connectivity index (χ0) is 31.3. The number of rotatable bonds is 10. The molecule has 4 unspecified atom stereocenters. The molecular weight excluding hydrogens is 659 g/mol. The van der Waals surface area contributed by atoms with Crippen molar-refractivity contribution in [3.05, 3.63) is 105 Å². The van der Waals surface area contributed by atoms with Crippen molar-refractivity contribution in [1.29, 1.82) is 0 Å². The first-order valence-electron chi connectivity index (χ1n) is 16.7. The van der Waals surface area contributed by atoms with Gasteiger partial charge in [0.25, 0.3) is 0 Å². The van der Waals surface area contributed by atoms with Gasteiger partial charge in [-0.3, -0.25) is 0 Å². The molecule has 0 aliphatic heterocycles. The average Bonchev–Trinajstić information content (AvgIpc) is 3.60. The molecule has 43 heavy (non-hydrogen) atoms. The summed E-state index contributed by atoms with van der Waals surface area (Å²) in [6.07, 6.45) is 8.23. The van der Waals surface area contributed by atoms with Crippen molar-refractivity contribution in [2.45, 2.75) is 99.9 Å². The van der Waals surface area contributed by atoms with E-state index in [-0.39, 0.29) is 7.25 Å². The molecule has 229 valence electrons. The standard InChI is InChI=1S/C20H21.C17H23.C2H7Si.2ClH.Zr/c1-4-15-12-18-6-5-7-19(20(18)13-15)17-10-8-16(9-11-17)14(2)3;1-5-12(3)15-10-14-8-7-9-16(13(4)6-2)17(14)11-15;1-3-2;;;/h5-14H,4H2,1-3H3;7-13H,5-6H2,1-4H3;3H,1-2H3;2*1H;/q;;;;;+2/p-2. The van der Waals surface area contributed by atoms with Crippen LogP contribution in [-0.2, 0) is 15.6 Å². The Labute approximate surface area is 270 Å². The zero-order valence-corrected chi connectivity index (χ0v) is 32.9. The minimum absolute atomic E-state index is 0.141. The average molecular weight is 710 g/mol. The molecule has 0 saturated carbocycles. The van der Waals surface area contributed by atoms with Crippen molar-refractivity contribution in [3.8, 4) is 11.1 Å². The fourth-order valence-corrected chi connectivity index (χ4v) is 39.5. The Morgan fingerprint density at radius 1 is 0.721 bits per heavy atom. The van der Waals surface area contributed by atoms with Gasteiger partial charge in [-0.1, -0.05) is 0 Å². The molecule has 0 aromatic heterocycles. The van der Waals surface area contributed by atoms with Crippen LogP contribution in [0.5, 0.6) is 0 Å². The van der Waals surface area contributed by atoms with Gasteiger partial charge in [0, 0.05) is 0 Å². The van der Waals surface area contributed by atoms with Gasteiger partial charge in [-0.2, -0.15) is 0 Å². The summed E-state index contributed by atoms with van der Waals surface area (Å²) in [6.45, 7) is 21.1. The Morgan fingerprint density at radius 3 is 1.88 bits per heavy atom. The van der Waals surface area contributed by atoms with E-state index in [9.17, 15) is 0 Å². The third kappa shape index (κ3) is 5.39. The number of fused-ring (bicyclic) bond motifs is 2. The van der Waals surface area contributed by atoms with Crippen LogP contribution < -0.4 is 0 Å². The van der Waals surface area contributed by atoms with Crippen molar-refractivity contribution >= 4 is 35.1 Å². The van der Waals surface area contributed by atoms with Gasteiger partial charge in [-0.15, -0.1) is 0 Å². The Balaban J connectivity index is 1.75. The van der Waals surface area contributed by atoms with E-state index in [1.807, 2.05) is 0 Å². The fraction of sp³-hybridized carbons (Fsp3) is 0.436. The first-order valence-corrected chi connectivity index (χ1v) is 33.0. The van der Waals surface area contributed by atoms with Gasteiger partial charge in [0.2, 0.25) is 0 Å². The predicted octanol–water partition coefficient (Wildman–Crippen LogP) is 13.0. The summed E-state index contributed by atoms with van der Waals surface area (Å²) in [5.41, 5.74) is 14.0. The second kappa shape index (κ2) is 12.5. The summed E-state index contributed by atoms with van der Waals surface area (Å²) in [5.74, 6) is -0.105. The number of hydrogen-bond acceptors (Lipinski definition) is 0. The summed E-state index contributed by atoms with van der Waals surface area (Å²) >= 11 is -4.75. The molecular formula is C39H51Cl2SiZr. The summed E-state index contributed by atoms with van der Waals surface area (Å²) in [7, 11) is 17.3. The van der Waals surface area contributed by atoms with Gasteiger partial charge in [-0.25, -0.2) is 0 Å². The van der Waals surface area contributed by atoms with E-state index in [1.165, 1.54) is 55.7 Å². The Kier molecular flexibility index (Phi) is 9.69. The molecule has 4 heteroatoms. The number of hydrogen-bond donors (Lipinski definition) is 0.